The van der Waals surface area contributed by atoms with Gasteiger partial charge in [-0.1, -0.05) is 76.7 Å². The highest BCUT2D eigenvalue weighted by Crippen LogP contribution is 2.36. The lowest BCUT2D eigenvalue weighted by Gasteiger charge is -2.15. The molecular formula is C16H14Cl4N2O. The van der Waals surface area contributed by atoms with E-state index < -0.39 is 5.91 Å². The lowest BCUT2D eigenvalue weighted by atomic mass is 10.1. The molecule has 1 unspecified atom stereocenters. The van der Waals surface area contributed by atoms with Crippen molar-refractivity contribution in [2.24, 2.45) is 0 Å². The van der Waals surface area contributed by atoms with Crippen LogP contribution in [0.1, 0.15) is 29.4 Å². The summed E-state index contributed by atoms with van der Waals surface area (Å²) in [5.41, 5.74) is 1.18. The second-order valence-electron chi connectivity index (χ2n) is 5.09. The number of hydrogen-bond acceptors (Lipinski definition) is 2. The van der Waals surface area contributed by atoms with Gasteiger partial charge < -0.3 is 5.32 Å². The zero-order valence-electron chi connectivity index (χ0n) is 12.2. The normalized spacial score (nSPS) is 12.0. The van der Waals surface area contributed by atoms with Gasteiger partial charge in [0.2, 0.25) is 0 Å². The maximum atomic E-state index is 12.3. The summed E-state index contributed by atoms with van der Waals surface area (Å²) in [6.07, 6.45) is 1.63. The minimum atomic E-state index is -0.434. The molecule has 1 N–H and O–H groups in total. The van der Waals surface area contributed by atoms with Crippen LogP contribution in [0.3, 0.4) is 0 Å². The average Bonchev–Trinajstić information content (AvgIpc) is 2.55. The van der Waals surface area contributed by atoms with E-state index in [9.17, 15) is 4.79 Å². The Labute approximate surface area is 154 Å². The van der Waals surface area contributed by atoms with Crippen molar-refractivity contribution in [2.75, 3.05) is 0 Å². The molecule has 2 aromatic rings. The van der Waals surface area contributed by atoms with Crippen molar-refractivity contribution in [1.29, 1.82) is 0 Å². The molecule has 0 fully saturated rings. The number of carbonyl (C=O) groups excluding carboxylic acids is 1. The summed E-state index contributed by atoms with van der Waals surface area (Å²) in [5.74, 6) is -0.434. The van der Waals surface area contributed by atoms with Crippen LogP contribution in [0.5, 0.6) is 0 Å². The van der Waals surface area contributed by atoms with Crippen molar-refractivity contribution in [1.82, 2.24) is 10.3 Å². The topological polar surface area (TPSA) is 42.0 Å². The lowest BCUT2D eigenvalue weighted by Crippen LogP contribution is -2.33. The number of nitrogens with one attached hydrogen (secondary N) is 1. The fraction of sp³-hybridized carbons (Fsp3) is 0.250. The Balaban J connectivity index is 2.01. The minimum absolute atomic E-state index is 0.00572. The molecule has 23 heavy (non-hydrogen) atoms. The van der Waals surface area contributed by atoms with Gasteiger partial charge in [-0.25, -0.2) is 4.98 Å². The smallest absolute Gasteiger partial charge is 0.271 e. The molecule has 1 aromatic carbocycles. The van der Waals surface area contributed by atoms with E-state index >= 15 is 0 Å². The average molecular weight is 392 g/mol. The molecule has 0 radical (unpaired) electrons. The number of hydrogen-bond donors (Lipinski definition) is 1. The zero-order valence-corrected chi connectivity index (χ0v) is 15.3. The highest BCUT2D eigenvalue weighted by Gasteiger charge is 2.21. The van der Waals surface area contributed by atoms with E-state index in [0.717, 1.165) is 12.8 Å². The Bertz CT molecular complexity index is 707. The van der Waals surface area contributed by atoms with Crippen LogP contribution in [0, 0.1) is 0 Å². The van der Waals surface area contributed by atoms with Gasteiger partial charge >= 0.3 is 0 Å². The van der Waals surface area contributed by atoms with Gasteiger partial charge in [0.15, 0.2) is 0 Å². The van der Waals surface area contributed by atoms with E-state index in [2.05, 4.69) is 10.3 Å². The van der Waals surface area contributed by atoms with Crippen molar-refractivity contribution >= 4 is 52.3 Å². The first kappa shape index (κ1) is 18.3. The van der Waals surface area contributed by atoms with Crippen LogP contribution >= 0.6 is 46.4 Å². The molecule has 1 atom stereocenters. The second-order valence-corrected chi connectivity index (χ2v) is 6.58. The van der Waals surface area contributed by atoms with Crippen molar-refractivity contribution in [3.63, 3.8) is 0 Å². The molecule has 0 aliphatic rings. The SMILES string of the molecule is CC(CCc1ccccc1)NC(=O)c1nc(Cl)c(Cl)c(Cl)c1Cl. The molecule has 2 rings (SSSR count). The molecule has 122 valence electrons. The molecule has 1 heterocycles. The standard InChI is InChI=1S/C16H14Cl4N2O/c1-9(7-8-10-5-3-2-4-6-10)21-16(23)14-12(18)11(17)13(19)15(20)22-14/h2-6,9H,7-8H2,1H3,(H,21,23). The molecule has 1 aromatic heterocycles. The van der Waals surface area contributed by atoms with Gasteiger partial charge in [0, 0.05) is 6.04 Å². The summed E-state index contributed by atoms with van der Waals surface area (Å²) < 4.78 is 0. The van der Waals surface area contributed by atoms with Crippen LogP contribution < -0.4 is 5.32 Å². The molecule has 1 amide bonds. The summed E-state index contributed by atoms with van der Waals surface area (Å²) in [7, 11) is 0. The number of benzene rings is 1. The summed E-state index contributed by atoms with van der Waals surface area (Å²) in [4.78, 5) is 16.2. The Morgan fingerprint density at radius 1 is 1.09 bits per heavy atom. The monoisotopic (exact) mass is 390 g/mol. The number of nitrogens with zero attached hydrogens (tertiary/aromatic N) is 1. The van der Waals surface area contributed by atoms with E-state index in [-0.39, 0.29) is 32.0 Å². The van der Waals surface area contributed by atoms with Gasteiger partial charge in [-0.2, -0.15) is 0 Å². The van der Waals surface area contributed by atoms with E-state index in [1.807, 2.05) is 37.3 Å². The summed E-state index contributed by atoms with van der Waals surface area (Å²) in [5, 5.41) is 2.83. The fourth-order valence-electron chi connectivity index (χ4n) is 2.03. The molecule has 0 aliphatic carbocycles. The highest BCUT2D eigenvalue weighted by atomic mass is 35.5. The van der Waals surface area contributed by atoms with Crippen LogP contribution in [0.25, 0.3) is 0 Å². The molecule has 3 nitrogen and oxygen atoms in total. The molecule has 0 saturated carbocycles. The van der Waals surface area contributed by atoms with Crippen LogP contribution in [0.15, 0.2) is 30.3 Å². The maximum absolute atomic E-state index is 12.3. The molecular weight excluding hydrogens is 378 g/mol. The van der Waals surface area contributed by atoms with Gasteiger partial charge in [0.25, 0.3) is 5.91 Å². The third kappa shape index (κ3) is 4.74. The first-order valence-electron chi connectivity index (χ1n) is 6.95. The predicted octanol–water partition coefficient (Wildman–Crippen LogP) is 5.45. The van der Waals surface area contributed by atoms with Crippen LogP contribution in [-0.4, -0.2) is 16.9 Å². The molecule has 0 saturated heterocycles. The molecule has 0 aliphatic heterocycles. The van der Waals surface area contributed by atoms with Crippen LogP contribution in [0.2, 0.25) is 20.2 Å². The number of aromatic nitrogens is 1. The summed E-state index contributed by atoms with van der Waals surface area (Å²) in [6.45, 7) is 1.91. The van der Waals surface area contributed by atoms with E-state index in [1.54, 1.807) is 0 Å². The molecule has 7 heteroatoms. The van der Waals surface area contributed by atoms with E-state index in [4.69, 9.17) is 46.4 Å². The quantitative estimate of drug-likeness (QED) is 0.688. The zero-order chi connectivity index (χ0) is 17.0. The Kier molecular flexibility index (Phi) is 6.54. The van der Waals surface area contributed by atoms with Crippen molar-refractivity contribution in [2.45, 2.75) is 25.8 Å². The molecule has 0 bridgehead atoms. The lowest BCUT2D eigenvalue weighted by molar-refractivity contribution is 0.0933. The third-order valence-electron chi connectivity index (χ3n) is 3.29. The highest BCUT2D eigenvalue weighted by molar-refractivity contribution is 6.52. The van der Waals surface area contributed by atoms with Gasteiger partial charge in [-0.15, -0.1) is 0 Å². The van der Waals surface area contributed by atoms with Gasteiger partial charge in [-0.3, -0.25) is 4.79 Å². The summed E-state index contributed by atoms with van der Waals surface area (Å²) >= 11 is 23.7. The van der Waals surface area contributed by atoms with Crippen molar-refractivity contribution in [3.05, 3.63) is 61.8 Å². The maximum Gasteiger partial charge on any atom is 0.271 e. The first-order valence-corrected chi connectivity index (χ1v) is 8.46. The Morgan fingerprint density at radius 3 is 2.39 bits per heavy atom. The fourth-order valence-corrected chi connectivity index (χ4v) is 2.84. The largest absolute Gasteiger partial charge is 0.348 e. The van der Waals surface area contributed by atoms with Crippen LogP contribution in [0.4, 0.5) is 0 Å². The van der Waals surface area contributed by atoms with E-state index in [1.165, 1.54) is 5.56 Å². The van der Waals surface area contributed by atoms with Crippen molar-refractivity contribution in [3.8, 4) is 0 Å². The third-order valence-corrected chi connectivity index (χ3v) is 4.96. The minimum Gasteiger partial charge on any atom is -0.348 e. The van der Waals surface area contributed by atoms with Gasteiger partial charge in [-0.05, 0) is 25.3 Å². The predicted molar refractivity (Wildman–Crippen MR) is 96.0 cm³/mol. The van der Waals surface area contributed by atoms with E-state index in [0.29, 0.717) is 0 Å². The van der Waals surface area contributed by atoms with Crippen molar-refractivity contribution < 1.29 is 4.79 Å². The Morgan fingerprint density at radius 2 is 1.74 bits per heavy atom. The van der Waals surface area contributed by atoms with Gasteiger partial charge in [0.1, 0.15) is 10.8 Å². The van der Waals surface area contributed by atoms with Crippen LogP contribution in [-0.2, 0) is 6.42 Å². The number of carbonyl (C=O) groups is 1. The summed E-state index contributed by atoms with van der Waals surface area (Å²) in [6, 6.07) is 9.97. The first-order chi connectivity index (χ1) is 10.9. The number of amides is 1. The number of aryl methyl sites for hydroxylation is 1. The van der Waals surface area contributed by atoms with Gasteiger partial charge in [0.05, 0.1) is 15.1 Å². The molecule has 0 spiro atoms. The second kappa shape index (κ2) is 8.20. The number of pyridine rings is 1. The number of rotatable bonds is 5. The Hall–Kier alpha value is -1.000. The number of halogens is 4.